The number of carbonyl (C=O) groups is 2. The van der Waals surface area contributed by atoms with Gasteiger partial charge in [0.05, 0.1) is 19.7 Å². The molecule has 0 spiro atoms. The molecule has 3 N–H and O–H groups in total. The Labute approximate surface area is 95.4 Å². The van der Waals surface area contributed by atoms with Crippen molar-refractivity contribution < 1.29 is 19.4 Å². The Kier molecular flexibility index (Phi) is 8.46. The molecule has 0 aromatic heterocycles. The standard InChI is InChI=1S/C10H20N2O4/c1-2-3-5-16-6-4-12(7-9(11)13)8-10(14)15/h2-8H2,1H3,(H2,11,13)(H,14,15). The van der Waals surface area contributed by atoms with E-state index < -0.39 is 11.9 Å². The van der Waals surface area contributed by atoms with E-state index in [9.17, 15) is 9.59 Å². The van der Waals surface area contributed by atoms with Crippen LogP contribution in [0.5, 0.6) is 0 Å². The molecular formula is C10H20N2O4. The fourth-order valence-corrected chi connectivity index (χ4v) is 1.17. The molecule has 1 amide bonds. The van der Waals surface area contributed by atoms with Crippen molar-refractivity contribution in [1.82, 2.24) is 4.90 Å². The van der Waals surface area contributed by atoms with Crippen LogP contribution in [0.2, 0.25) is 0 Å². The van der Waals surface area contributed by atoms with E-state index in [1.165, 1.54) is 4.90 Å². The minimum absolute atomic E-state index is 0.0521. The lowest BCUT2D eigenvalue weighted by molar-refractivity contribution is -0.138. The number of primary amides is 1. The van der Waals surface area contributed by atoms with Crippen LogP contribution in [-0.4, -0.2) is 54.7 Å². The predicted octanol–water partition coefficient (Wildman–Crippen LogP) is -0.325. The quantitative estimate of drug-likeness (QED) is 0.503. The number of nitrogens with zero attached hydrogens (tertiary/aromatic N) is 1. The molecule has 0 aliphatic heterocycles. The molecule has 0 saturated heterocycles. The first-order valence-corrected chi connectivity index (χ1v) is 5.36. The number of hydrogen-bond donors (Lipinski definition) is 2. The van der Waals surface area contributed by atoms with Gasteiger partial charge in [-0.1, -0.05) is 13.3 Å². The molecule has 6 heteroatoms. The van der Waals surface area contributed by atoms with Gasteiger partial charge in [-0.15, -0.1) is 0 Å². The van der Waals surface area contributed by atoms with Crippen LogP contribution in [0, 0.1) is 0 Å². The van der Waals surface area contributed by atoms with Gasteiger partial charge in [0.15, 0.2) is 0 Å². The van der Waals surface area contributed by atoms with Gasteiger partial charge in [-0.2, -0.15) is 0 Å². The van der Waals surface area contributed by atoms with E-state index in [1.54, 1.807) is 0 Å². The first-order valence-electron chi connectivity index (χ1n) is 5.36. The Morgan fingerprint density at radius 3 is 2.50 bits per heavy atom. The normalized spacial score (nSPS) is 10.6. The van der Waals surface area contributed by atoms with Gasteiger partial charge in [-0.05, 0) is 6.42 Å². The summed E-state index contributed by atoms with van der Waals surface area (Å²) < 4.78 is 5.28. The lowest BCUT2D eigenvalue weighted by Crippen LogP contribution is -2.39. The van der Waals surface area contributed by atoms with Crippen LogP contribution in [-0.2, 0) is 14.3 Å². The van der Waals surface area contributed by atoms with Gasteiger partial charge >= 0.3 is 5.97 Å². The van der Waals surface area contributed by atoms with E-state index in [0.29, 0.717) is 19.8 Å². The van der Waals surface area contributed by atoms with Crippen molar-refractivity contribution in [2.24, 2.45) is 5.73 Å². The summed E-state index contributed by atoms with van der Waals surface area (Å²) in [6.45, 7) is 3.30. The second kappa shape index (κ2) is 9.11. The van der Waals surface area contributed by atoms with Crippen molar-refractivity contribution in [2.75, 3.05) is 32.8 Å². The average molecular weight is 232 g/mol. The molecule has 6 nitrogen and oxygen atoms in total. The number of carboxylic acid groups (broad SMARTS) is 1. The van der Waals surface area contributed by atoms with Gasteiger partial charge < -0.3 is 15.6 Å². The van der Waals surface area contributed by atoms with Crippen LogP contribution < -0.4 is 5.73 Å². The summed E-state index contributed by atoms with van der Waals surface area (Å²) >= 11 is 0. The molecule has 0 aliphatic carbocycles. The molecule has 0 aliphatic rings. The summed E-state index contributed by atoms with van der Waals surface area (Å²) in [7, 11) is 0. The molecule has 16 heavy (non-hydrogen) atoms. The zero-order valence-corrected chi connectivity index (χ0v) is 9.65. The number of hydrogen-bond acceptors (Lipinski definition) is 4. The minimum atomic E-state index is -0.977. The highest BCUT2D eigenvalue weighted by Gasteiger charge is 2.11. The second-order valence-corrected chi connectivity index (χ2v) is 3.54. The Morgan fingerprint density at radius 2 is 2.00 bits per heavy atom. The summed E-state index contributed by atoms with van der Waals surface area (Å²) in [4.78, 5) is 22.6. The van der Waals surface area contributed by atoms with E-state index in [0.717, 1.165) is 12.8 Å². The highest BCUT2D eigenvalue weighted by atomic mass is 16.5. The molecule has 0 saturated carbocycles. The monoisotopic (exact) mass is 232 g/mol. The lowest BCUT2D eigenvalue weighted by atomic mass is 10.4. The summed E-state index contributed by atoms with van der Waals surface area (Å²) in [5.41, 5.74) is 5.01. The van der Waals surface area contributed by atoms with Crippen molar-refractivity contribution in [1.29, 1.82) is 0 Å². The molecule has 94 valence electrons. The topological polar surface area (TPSA) is 92.9 Å². The van der Waals surface area contributed by atoms with Crippen molar-refractivity contribution in [2.45, 2.75) is 19.8 Å². The van der Waals surface area contributed by atoms with E-state index in [4.69, 9.17) is 15.6 Å². The van der Waals surface area contributed by atoms with Gasteiger partial charge in [-0.25, -0.2) is 0 Å². The zero-order valence-electron chi connectivity index (χ0n) is 9.65. The fraction of sp³-hybridized carbons (Fsp3) is 0.800. The van der Waals surface area contributed by atoms with Crippen LogP contribution in [0.15, 0.2) is 0 Å². The molecule has 0 heterocycles. The molecule has 0 atom stereocenters. The molecule has 0 unspecified atom stereocenters. The third-order valence-corrected chi connectivity index (χ3v) is 1.93. The first kappa shape index (κ1) is 14.9. The predicted molar refractivity (Wildman–Crippen MR) is 59.0 cm³/mol. The van der Waals surface area contributed by atoms with Gasteiger partial charge in [-0.3, -0.25) is 14.5 Å². The molecular weight excluding hydrogens is 212 g/mol. The molecule has 0 bridgehead atoms. The van der Waals surface area contributed by atoms with E-state index in [1.807, 2.05) is 0 Å². The maximum Gasteiger partial charge on any atom is 0.317 e. The summed E-state index contributed by atoms with van der Waals surface area (Å²) in [5, 5.41) is 8.60. The largest absolute Gasteiger partial charge is 0.480 e. The van der Waals surface area contributed by atoms with Crippen molar-refractivity contribution in [3.63, 3.8) is 0 Å². The Hall–Kier alpha value is -1.14. The maximum absolute atomic E-state index is 10.7. The Morgan fingerprint density at radius 1 is 1.31 bits per heavy atom. The summed E-state index contributed by atoms with van der Waals surface area (Å²) in [6, 6.07) is 0. The minimum Gasteiger partial charge on any atom is -0.480 e. The Balaban J connectivity index is 3.73. The van der Waals surface area contributed by atoms with E-state index in [2.05, 4.69) is 6.92 Å². The van der Waals surface area contributed by atoms with Crippen LogP contribution in [0.4, 0.5) is 0 Å². The maximum atomic E-state index is 10.7. The first-order chi connectivity index (χ1) is 7.56. The average Bonchev–Trinajstić information content (AvgIpc) is 2.15. The highest BCUT2D eigenvalue weighted by molar-refractivity contribution is 5.77. The van der Waals surface area contributed by atoms with E-state index in [-0.39, 0.29) is 13.1 Å². The number of aliphatic carboxylic acids is 1. The molecule has 0 fully saturated rings. The van der Waals surface area contributed by atoms with Gasteiger partial charge in [0.2, 0.25) is 5.91 Å². The Bertz CT molecular complexity index is 205. The van der Waals surface area contributed by atoms with Crippen molar-refractivity contribution in [3.05, 3.63) is 0 Å². The van der Waals surface area contributed by atoms with Crippen LogP contribution in [0.3, 0.4) is 0 Å². The zero-order chi connectivity index (χ0) is 12.4. The lowest BCUT2D eigenvalue weighted by Gasteiger charge is -2.18. The van der Waals surface area contributed by atoms with Crippen LogP contribution >= 0.6 is 0 Å². The molecule has 0 aromatic carbocycles. The SMILES string of the molecule is CCCCOCCN(CC(N)=O)CC(=O)O. The fourth-order valence-electron chi connectivity index (χ4n) is 1.17. The number of amides is 1. The second-order valence-electron chi connectivity index (χ2n) is 3.54. The van der Waals surface area contributed by atoms with Gasteiger partial charge in [0.1, 0.15) is 0 Å². The number of carbonyl (C=O) groups excluding carboxylic acids is 1. The van der Waals surface area contributed by atoms with E-state index >= 15 is 0 Å². The van der Waals surface area contributed by atoms with Crippen LogP contribution in [0.25, 0.3) is 0 Å². The number of rotatable bonds is 10. The molecule has 0 radical (unpaired) electrons. The van der Waals surface area contributed by atoms with Crippen molar-refractivity contribution >= 4 is 11.9 Å². The van der Waals surface area contributed by atoms with Crippen molar-refractivity contribution in [3.8, 4) is 0 Å². The number of ether oxygens (including phenoxy) is 1. The third kappa shape index (κ3) is 9.42. The third-order valence-electron chi connectivity index (χ3n) is 1.93. The van der Waals surface area contributed by atoms with Gasteiger partial charge in [0, 0.05) is 13.2 Å². The van der Waals surface area contributed by atoms with Gasteiger partial charge in [0.25, 0.3) is 0 Å². The highest BCUT2D eigenvalue weighted by Crippen LogP contribution is 1.91. The summed E-state index contributed by atoms with van der Waals surface area (Å²) in [6.07, 6.45) is 2.04. The summed E-state index contributed by atoms with van der Waals surface area (Å²) in [5.74, 6) is -1.51. The van der Waals surface area contributed by atoms with Crippen LogP contribution in [0.1, 0.15) is 19.8 Å². The number of nitrogens with two attached hydrogens (primary N) is 1. The smallest absolute Gasteiger partial charge is 0.317 e. The molecule has 0 aromatic rings. The number of unbranched alkanes of at least 4 members (excludes halogenated alkanes) is 1. The molecule has 0 rings (SSSR count). The number of carboxylic acids is 1.